The van der Waals surface area contributed by atoms with Crippen molar-refractivity contribution in [1.82, 2.24) is 20.3 Å². The van der Waals surface area contributed by atoms with Crippen molar-refractivity contribution >= 4 is 27.7 Å². The number of carbonyl (C=O) groups is 2. The average Bonchev–Trinajstić information content (AvgIpc) is 3.30. The fraction of sp³-hybridized carbons (Fsp3) is 0.300. The highest BCUT2D eigenvalue weighted by Gasteiger charge is 2.71. The molecule has 12 nitrogen and oxygen atoms in total. The van der Waals surface area contributed by atoms with Gasteiger partial charge in [0.05, 0.1) is 12.8 Å². The van der Waals surface area contributed by atoms with Gasteiger partial charge >= 0.3 is 5.97 Å². The van der Waals surface area contributed by atoms with Crippen LogP contribution in [0.15, 0.2) is 46.6 Å². The van der Waals surface area contributed by atoms with Crippen LogP contribution in [0.3, 0.4) is 0 Å². The lowest BCUT2D eigenvalue weighted by Gasteiger charge is -2.55. The number of H-pyrrole nitrogens is 1. The summed E-state index contributed by atoms with van der Waals surface area (Å²) in [5.41, 5.74) is -2.25. The summed E-state index contributed by atoms with van der Waals surface area (Å²) in [6, 6.07) is 6.52. The molecule has 1 aromatic heterocycles. The first-order chi connectivity index (χ1) is 15.7. The number of amides is 1. The third-order valence-corrected chi connectivity index (χ3v) is 7.78. The first-order valence-electron chi connectivity index (χ1n) is 9.54. The number of allylic oxidation sites excluding steroid dienone is 1. The Kier molecular flexibility index (Phi) is 5.40. The molecule has 2 aliphatic rings. The summed E-state index contributed by atoms with van der Waals surface area (Å²) in [7, 11) is -1.91. The third kappa shape index (κ3) is 3.25. The van der Waals surface area contributed by atoms with E-state index in [4.69, 9.17) is 9.47 Å². The molecule has 4 rings (SSSR count). The number of ether oxygens (including phenoxy) is 2. The molecular formula is C20H18N4O8S. The minimum Gasteiger partial charge on any atom is -0.497 e. The largest absolute Gasteiger partial charge is 0.497 e. The molecule has 0 unspecified atom stereocenters. The van der Waals surface area contributed by atoms with E-state index in [1.807, 2.05) is 0 Å². The van der Waals surface area contributed by atoms with Gasteiger partial charge < -0.3 is 14.6 Å². The van der Waals surface area contributed by atoms with E-state index in [0.717, 1.165) is 7.11 Å². The van der Waals surface area contributed by atoms with Crippen LogP contribution in [-0.2, 0) is 41.8 Å². The Morgan fingerprint density at radius 3 is 2.52 bits per heavy atom. The van der Waals surface area contributed by atoms with Gasteiger partial charge in [-0.25, -0.2) is 18.0 Å². The topological polar surface area (TPSA) is 169 Å². The van der Waals surface area contributed by atoms with E-state index in [-0.39, 0.29) is 18.5 Å². The molecule has 0 radical (unpaired) electrons. The number of carboxylic acids is 1. The van der Waals surface area contributed by atoms with E-state index in [1.165, 1.54) is 19.2 Å². The normalized spacial score (nSPS) is 23.6. The van der Waals surface area contributed by atoms with Gasteiger partial charge in [0.2, 0.25) is 9.84 Å². The van der Waals surface area contributed by atoms with Crippen LogP contribution in [0.2, 0.25) is 0 Å². The van der Waals surface area contributed by atoms with Crippen molar-refractivity contribution in [2.24, 2.45) is 0 Å². The molecule has 1 saturated heterocycles. The second kappa shape index (κ2) is 7.96. The molecule has 2 atom stereocenters. The summed E-state index contributed by atoms with van der Waals surface area (Å²) >= 11 is 0. The minimum atomic E-state index is -4.55. The molecule has 1 fully saturated rings. The number of hydrogen-bond donors (Lipinski definition) is 2. The fourth-order valence-electron chi connectivity index (χ4n) is 4.18. The zero-order chi connectivity index (χ0) is 24.0. The molecule has 0 spiro atoms. The van der Waals surface area contributed by atoms with Crippen molar-refractivity contribution in [3.63, 3.8) is 0 Å². The third-order valence-electron chi connectivity index (χ3n) is 5.70. The predicted molar refractivity (Wildman–Crippen MR) is 110 cm³/mol. The zero-order valence-electron chi connectivity index (χ0n) is 17.4. The van der Waals surface area contributed by atoms with Crippen molar-refractivity contribution in [3.05, 3.63) is 57.9 Å². The number of aromatic amines is 1. The second-order valence-electron chi connectivity index (χ2n) is 7.40. The predicted octanol–water partition coefficient (Wildman–Crippen LogP) is -0.365. The lowest BCUT2D eigenvalue weighted by molar-refractivity contribution is -0.184. The number of aliphatic carboxylic acids is 1. The summed E-state index contributed by atoms with van der Waals surface area (Å²) in [5, 5.41) is 17.7. The van der Waals surface area contributed by atoms with Crippen LogP contribution in [0.1, 0.15) is 11.3 Å². The molecule has 33 heavy (non-hydrogen) atoms. The SMILES string of the molecule is COc1ccc(C[C@]2(OC)C(=O)N3C(C(=O)O)=C(Cc4c[nH]nn4)C(=C=O)S(=O)(=O)[C@H]32)cc1. The average molecular weight is 474 g/mol. The van der Waals surface area contributed by atoms with E-state index in [9.17, 15) is 27.9 Å². The van der Waals surface area contributed by atoms with Crippen LogP contribution in [0.5, 0.6) is 5.75 Å². The van der Waals surface area contributed by atoms with Crippen LogP contribution in [0, 0.1) is 0 Å². The van der Waals surface area contributed by atoms with E-state index in [1.54, 1.807) is 24.3 Å². The number of rotatable bonds is 7. The summed E-state index contributed by atoms with van der Waals surface area (Å²) < 4.78 is 37.4. The summed E-state index contributed by atoms with van der Waals surface area (Å²) in [5.74, 6) is -0.509. The number of aromatic nitrogens is 3. The summed E-state index contributed by atoms with van der Waals surface area (Å²) in [6.45, 7) is 0. The molecule has 0 aliphatic carbocycles. The molecule has 2 N–H and O–H groups in total. The Morgan fingerprint density at radius 1 is 1.30 bits per heavy atom. The molecule has 0 bridgehead atoms. The van der Waals surface area contributed by atoms with Crippen LogP contribution < -0.4 is 4.74 Å². The smallest absolute Gasteiger partial charge is 0.353 e. The van der Waals surface area contributed by atoms with Gasteiger partial charge in [-0.2, -0.15) is 0 Å². The van der Waals surface area contributed by atoms with E-state index in [2.05, 4.69) is 15.4 Å². The number of carboxylic acid groups (broad SMARTS) is 1. The first-order valence-corrected chi connectivity index (χ1v) is 11.1. The molecule has 3 heterocycles. The highest BCUT2D eigenvalue weighted by Crippen LogP contribution is 2.49. The Balaban J connectivity index is 1.85. The monoisotopic (exact) mass is 474 g/mol. The Bertz CT molecular complexity index is 1310. The molecule has 2 aromatic rings. The van der Waals surface area contributed by atoms with Crippen molar-refractivity contribution in [1.29, 1.82) is 0 Å². The lowest BCUT2D eigenvalue weighted by Crippen LogP contribution is -2.79. The van der Waals surface area contributed by atoms with E-state index in [0.29, 0.717) is 16.2 Å². The quantitative estimate of drug-likeness (QED) is 0.399. The Labute approximate surface area is 187 Å². The van der Waals surface area contributed by atoms with Gasteiger partial charge in [0.1, 0.15) is 17.4 Å². The minimum absolute atomic E-state index is 0.175. The number of carbonyl (C=O) groups excluding carboxylic acids is 2. The maximum atomic E-state index is 13.5. The van der Waals surface area contributed by atoms with Crippen LogP contribution in [0.4, 0.5) is 0 Å². The van der Waals surface area contributed by atoms with Crippen LogP contribution in [-0.4, -0.2) is 76.8 Å². The van der Waals surface area contributed by atoms with E-state index < -0.39 is 48.9 Å². The van der Waals surface area contributed by atoms with Gasteiger partial charge in [0.25, 0.3) is 5.91 Å². The molecule has 13 heteroatoms. The molecule has 2 aliphatic heterocycles. The fourth-order valence-corrected chi connectivity index (χ4v) is 6.29. The number of β-lactam (4-membered cyclic amide) rings is 1. The van der Waals surface area contributed by atoms with Gasteiger partial charge in [-0.05, 0) is 17.7 Å². The van der Waals surface area contributed by atoms with Crippen molar-refractivity contribution in [2.45, 2.75) is 23.8 Å². The number of hydrogen-bond acceptors (Lipinski definition) is 9. The van der Waals surface area contributed by atoms with Gasteiger partial charge in [0, 0.05) is 31.7 Å². The molecule has 1 aromatic carbocycles. The Morgan fingerprint density at radius 2 is 2.00 bits per heavy atom. The summed E-state index contributed by atoms with van der Waals surface area (Å²) in [4.78, 5) is 37.0. The molecule has 0 saturated carbocycles. The number of fused-ring (bicyclic) bond motifs is 1. The standard InChI is InChI=1S/C20H18N4O8S/c1-31-13-5-3-11(4-6-13)8-20(32-2)18(28)24-16(17(26)27)14(7-12-9-21-23-22-12)15(10-25)33(29,30)19(20)24/h3-6,9,19H,7-8H2,1-2H3,(H,26,27)(H,21,22,23)/t19-,20-/m0/s1. The van der Waals surface area contributed by atoms with Crippen molar-refractivity contribution in [2.75, 3.05) is 14.2 Å². The number of methoxy groups -OCH3 is 2. The lowest BCUT2D eigenvalue weighted by atomic mass is 9.83. The number of nitrogens with one attached hydrogen (secondary N) is 1. The number of benzene rings is 1. The van der Waals surface area contributed by atoms with Gasteiger partial charge in [-0.3, -0.25) is 14.8 Å². The highest BCUT2D eigenvalue weighted by atomic mass is 32.2. The highest BCUT2D eigenvalue weighted by molar-refractivity contribution is 7.96. The maximum absolute atomic E-state index is 13.5. The van der Waals surface area contributed by atoms with Crippen molar-refractivity contribution in [3.8, 4) is 5.75 Å². The van der Waals surface area contributed by atoms with Gasteiger partial charge in [-0.1, -0.05) is 17.3 Å². The van der Waals surface area contributed by atoms with Gasteiger partial charge in [-0.15, -0.1) is 5.10 Å². The Hall–Kier alpha value is -3.80. The maximum Gasteiger partial charge on any atom is 0.353 e. The number of sulfone groups is 1. The first kappa shape index (κ1) is 22.4. The second-order valence-corrected chi connectivity index (χ2v) is 9.34. The van der Waals surface area contributed by atoms with E-state index >= 15 is 0 Å². The zero-order valence-corrected chi connectivity index (χ0v) is 18.2. The van der Waals surface area contributed by atoms with Crippen LogP contribution in [0.25, 0.3) is 0 Å². The molecular weight excluding hydrogens is 456 g/mol. The summed E-state index contributed by atoms with van der Waals surface area (Å²) in [6.07, 6.45) is 0.774. The van der Waals surface area contributed by atoms with Gasteiger partial charge in [0.15, 0.2) is 15.9 Å². The van der Waals surface area contributed by atoms with Crippen LogP contribution >= 0.6 is 0 Å². The van der Waals surface area contributed by atoms with Crippen molar-refractivity contribution < 1.29 is 37.4 Å². The molecule has 1 amide bonds. The molecule has 172 valence electrons. The number of nitrogens with zero attached hydrogens (tertiary/aromatic N) is 3.